The van der Waals surface area contributed by atoms with Crippen molar-refractivity contribution in [3.05, 3.63) is 63.0 Å². The van der Waals surface area contributed by atoms with Crippen LogP contribution in [0.15, 0.2) is 40.5 Å². The molecule has 0 aliphatic heterocycles. The van der Waals surface area contributed by atoms with Crippen molar-refractivity contribution < 1.29 is 0 Å². The molecule has 3 aromatic rings. The highest BCUT2D eigenvalue weighted by molar-refractivity contribution is 7.17. The zero-order chi connectivity index (χ0) is 16.5. The standard InChI is InChI=1S/C19H21N3OS/c1-12(14-8-4-6-13-5-2-3-7-15(13)14)20-11-17-21-16-9-10-24-18(16)19(23)22-17/h2-3,5,7,9-10,12,14,20H,4,6,8,11H2,1H3,(H,21,22,23)/t12-,14?/m0/s1. The van der Waals surface area contributed by atoms with E-state index < -0.39 is 0 Å². The number of H-pyrrole nitrogens is 1. The lowest BCUT2D eigenvalue weighted by atomic mass is 9.79. The first-order valence-corrected chi connectivity index (χ1v) is 9.38. The molecule has 5 heteroatoms. The van der Waals surface area contributed by atoms with Gasteiger partial charge in [0.2, 0.25) is 0 Å². The molecule has 0 fully saturated rings. The van der Waals surface area contributed by atoms with E-state index in [4.69, 9.17) is 0 Å². The number of rotatable bonds is 4. The van der Waals surface area contributed by atoms with Gasteiger partial charge in [0.15, 0.2) is 0 Å². The second-order valence-electron chi connectivity index (χ2n) is 6.51. The molecule has 0 saturated heterocycles. The molecule has 0 bridgehead atoms. The average molecular weight is 339 g/mol. The summed E-state index contributed by atoms with van der Waals surface area (Å²) in [5, 5.41) is 5.47. The number of thiophene rings is 1. The van der Waals surface area contributed by atoms with Crippen molar-refractivity contribution in [2.75, 3.05) is 0 Å². The maximum atomic E-state index is 12.1. The molecule has 0 radical (unpaired) electrons. The Morgan fingerprint density at radius 1 is 1.38 bits per heavy atom. The van der Waals surface area contributed by atoms with Gasteiger partial charge >= 0.3 is 0 Å². The number of aryl methyl sites for hydroxylation is 1. The van der Waals surface area contributed by atoms with Gasteiger partial charge in [-0.3, -0.25) is 4.79 Å². The lowest BCUT2D eigenvalue weighted by Gasteiger charge is -2.31. The number of hydrogen-bond acceptors (Lipinski definition) is 4. The number of nitrogens with one attached hydrogen (secondary N) is 2. The Bertz CT molecular complexity index is 914. The number of aromatic amines is 1. The molecule has 124 valence electrons. The second kappa shape index (κ2) is 6.49. The first-order valence-electron chi connectivity index (χ1n) is 8.50. The van der Waals surface area contributed by atoms with Gasteiger partial charge in [0.1, 0.15) is 10.5 Å². The molecule has 1 aliphatic carbocycles. The minimum atomic E-state index is -0.0394. The molecule has 0 spiro atoms. The van der Waals surface area contributed by atoms with E-state index in [0.717, 1.165) is 5.52 Å². The van der Waals surface area contributed by atoms with Crippen LogP contribution in [0.1, 0.15) is 42.6 Å². The molecule has 0 saturated carbocycles. The third kappa shape index (κ3) is 2.89. The quantitative estimate of drug-likeness (QED) is 0.764. The van der Waals surface area contributed by atoms with E-state index in [0.29, 0.717) is 29.0 Å². The summed E-state index contributed by atoms with van der Waals surface area (Å²) in [5.74, 6) is 1.23. The Morgan fingerprint density at radius 3 is 3.17 bits per heavy atom. The SMILES string of the molecule is C[C@H](NCc1nc2ccsc2c(=O)[nH]1)C1CCCc2ccccc21. The van der Waals surface area contributed by atoms with E-state index in [-0.39, 0.29) is 5.56 Å². The number of aromatic nitrogens is 2. The van der Waals surface area contributed by atoms with E-state index in [9.17, 15) is 4.79 Å². The van der Waals surface area contributed by atoms with Gasteiger partial charge in [0, 0.05) is 6.04 Å². The van der Waals surface area contributed by atoms with Crippen LogP contribution in [0.3, 0.4) is 0 Å². The molecule has 4 rings (SSSR count). The van der Waals surface area contributed by atoms with E-state index in [1.807, 2.05) is 11.4 Å². The highest BCUT2D eigenvalue weighted by atomic mass is 32.1. The molecule has 4 nitrogen and oxygen atoms in total. The second-order valence-corrected chi connectivity index (χ2v) is 7.43. The van der Waals surface area contributed by atoms with Crippen LogP contribution in [0.25, 0.3) is 10.2 Å². The predicted octanol–water partition coefficient (Wildman–Crippen LogP) is 3.58. The summed E-state index contributed by atoms with van der Waals surface area (Å²) in [5.41, 5.74) is 3.70. The fourth-order valence-corrected chi connectivity index (χ4v) is 4.44. The number of nitrogens with zero attached hydrogens (tertiary/aromatic N) is 1. The lowest BCUT2D eigenvalue weighted by molar-refractivity contribution is 0.409. The van der Waals surface area contributed by atoms with Gasteiger partial charge in [-0.25, -0.2) is 4.98 Å². The van der Waals surface area contributed by atoms with Gasteiger partial charge in [0.25, 0.3) is 5.56 Å². The molecule has 2 N–H and O–H groups in total. The summed E-state index contributed by atoms with van der Waals surface area (Å²) in [4.78, 5) is 19.5. The van der Waals surface area contributed by atoms with Crippen molar-refractivity contribution in [3.8, 4) is 0 Å². The van der Waals surface area contributed by atoms with Crippen molar-refractivity contribution in [2.45, 2.75) is 44.7 Å². The van der Waals surface area contributed by atoms with Gasteiger partial charge < -0.3 is 10.3 Å². The van der Waals surface area contributed by atoms with Crippen LogP contribution in [0.2, 0.25) is 0 Å². The van der Waals surface area contributed by atoms with Crippen LogP contribution in [0.4, 0.5) is 0 Å². The van der Waals surface area contributed by atoms with E-state index in [1.165, 1.54) is 41.7 Å². The fraction of sp³-hybridized carbons (Fsp3) is 0.368. The number of benzene rings is 1. The number of hydrogen-bond donors (Lipinski definition) is 2. The van der Waals surface area contributed by atoms with E-state index in [1.54, 1.807) is 0 Å². The average Bonchev–Trinajstić information content (AvgIpc) is 3.08. The van der Waals surface area contributed by atoms with Crippen LogP contribution in [0, 0.1) is 0 Å². The summed E-state index contributed by atoms with van der Waals surface area (Å²) in [6, 6.07) is 11.0. The first-order chi connectivity index (χ1) is 11.7. The highest BCUT2D eigenvalue weighted by Crippen LogP contribution is 2.33. The molecule has 0 amide bonds. The largest absolute Gasteiger partial charge is 0.308 e. The summed E-state index contributed by atoms with van der Waals surface area (Å²) >= 11 is 1.44. The normalized spacial score (nSPS) is 18.5. The predicted molar refractivity (Wildman–Crippen MR) is 98.7 cm³/mol. The molecular weight excluding hydrogens is 318 g/mol. The van der Waals surface area contributed by atoms with Gasteiger partial charge in [-0.2, -0.15) is 0 Å². The zero-order valence-corrected chi connectivity index (χ0v) is 14.5. The lowest BCUT2D eigenvalue weighted by Crippen LogP contribution is -2.34. The summed E-state index contributed by atoms with van der Waals surface area (Å²) in [6.45, 7) is 2.81. The van der Waals surface area contributed by atoms with Crippen molar-refractivity contribution in [2.24, 2.45) is 0 Å². The van der Waals surface area contributed by atoms with Crippen molar-refractivity contribution >= 4 is 21.6 Å². The monoisotopic (exact) mass is 339 g/mol. The molecule has 2 atom stereocenters. The highest BCUT2D eigenvalue weighted by Gasteiger charge is 2.24. The van der Waals surface area contributed by atoms with Gasteiger partial charge in [-0.15, -0.1) is 11.3 Å². The van der Waals surface area contributed by atoms with Gasteiger partial charge in [0.05, 0.1) is 12.1 Å². The van der Waals surface area contributed by atoms with Crippen LogP contribution in [-0.2, 0) is 13.0 Å². The molecule has 2 heterocycles. The van der Waals surface area contributed by atoms with Crippen molar-refractivity contribution in [3.63, 3.8) is 0 Å². The zero-order valence-electron chi connectivity index (χ0n) is 13.7. The third-order valence-electron chi connectivity index (χ3n) is 4.97. The smallest absolute Gasteiger partial charge is 0.268 e. The fourth-order valence-electron chi connectivity index (χ4n) is 3.72. The van der Waals surface area contributed by atoms with E-state index >= 15 is 0 Å². The first kappa shape index (κ1) is 15.5. The Balaban J connectivity index is 1.50. The Hall–Kier alpha value is -1.98. The molecular formula is C19H21N3OS. The molecule has 1 unspecified atom stereocenters. The summed E-state index contributed by atoms with van der Waals surface area (Å²) in [6.07, 6.45) is 3.63. The Labute approximate surface area is 145 Å². The van der Waals surface area contributed by atoms with Crippen molar-refractivity contribution in [1.82, 2.24) is 15.3 Å². The van der Waals surface area contributed by atoms with Crippen LogP contribution in [0.5, 0.6) is 0 Å². The topological polar surface area (TPSA) is 57.8 Å². The summed E-state index contributed by atoms with van der Waals surface area (Å²) in [7, 11) is 0. The third-order valence-corrected chi connectivity index (χ3v) is 5.88. The van der Waals surface area contributed by atoms with Crippen LogP contribution >= 0.6 is 11.3 Å². The van der Waals surface area contributed by atoms with Gasteiger partial charge in [-0.05, 0) is 54.7 Å². The van der Waals surface area contributed by atoms with Crippen LogP contribution < -0.4 is 10.9 Å². The minimum Gasteiger partial charge on any atom is -0.308 e. The maximum absolute atomic E-state index is 12.1. The van der Waals surface area contributed by atoms with Crippen LogP contribution in [-0.4, -0.2) is 16.0 Å². The maximum Gasteiger partial charge on any atom is 0.268 e. The van der Waals surface area contributed by atoms with Crippen molar-refractivity contribution in [1.29, 1.82) is 0 Å². The Kier molecular flexibility index (Phi) is 4.21. The molecule has 1 aromatic carbocycles. The molecule has 1 aliphatic rings. The molecule has 24 heavy (non-hydrogen) atoms. The number of fused-ring (bicyclic) bond motifs is 2. The molecule has 2 aromatic heterocycles. The Morgan fingerprint density at radius 2 is 2.25 bits per heavy atom. The van der Waals surface area contributed by atoms with Gasteiger partial charge in [-0.1, -0.05) is 24.3 Å². The summed E-state index contributed by atoms with van der Waals surface area (Å²) < 4.78 is 0.702. The minimum absolute atomic E-state index is 0.0394. The van der Waals surface area contributed by atoms with E-state index in [2.05, 4.69) is 46.5 Å².